The highest BCUT2D eigenvalue weighted by Gasteiger charge is 2.12. The Hall–Kier alpha value is -1.82. The van der Waals surface area contributed by atoms with Crippen LogP contribution in [0.1, 0.15) is 6.92 Å². The predicted molar refractivity (Wildman–Crippen MR) is 67.5 cm³/mol. The maximum absolute atomic E-state index is 10.8. The molecule has 0 saturated heterocycles. The molecule has 0 fully saturated rings. The fourth-order valence-electron chi connectivity index (χ4n) is 1.44. The molecule has 0 spiro atoms. The SMILES string of the molecule is CC(=O)NC(=S)Nc1ccc2c(c1)OCCO2. The highest BCUT2D eigenvalue weighted by Crippen LogP contribution is 2.32. The van der Waals surface area contributed by atoms with Crippen molar-refractivity contribution in [2.24, 2.45) is 0 Å². The fourth-order valence-corrected chi connectivity index (χ4v) is 1.70. The molecule has 1 aromatic rings. The molecule has 0 atom stereocenters. The number of rotatable bonds is 1. The standard InChI is InChI=1S/C11H12N2O3S/c1-7(14)12-11(17)13-8-2-3-9-10(6-8)16-5-4-15-9/h2-3,6H,4-5H2,1H3,(H2,12,13,14,17). The summed E-state index contributed by atoms with van der Waals surface area (Å²) in [5.74, 6) is 1.18. The number of fused-ring (bicyclic) bond motifs is 1. The Labute approximate surface area is 104 Å². The second kappa shape index (κ2) is 5.01. The molecule has 0 bridgehead atoms. The van der Waals surface area contributed by atoms with Crippen LogP contribution < -0.4 is 20.1 Å². The largest absolute Gasteiger partial charge is 0.486 e. The minimum atomic E-state index is -0.208. The average Bonchev–Trinajstić information content (AvgIpc) is 2.27. The van der Waals surface area contributed by atoms with Crippen molar-refractivity contribution in [2.45, 2.75) is 6.92 Å². The van der Waals surface area contributed by atoms with Crippen LogP contribution in [0.15, 0.2) is 18.2 Å². The zero-order valence-electron chi connectivity index (χ0n) is 9.28. The van der Waals surface area contributed by atoms with Crippen molar-refractivity contribution in [2.75, 3.05) is 18.5 Å². The average molecular weight is 252 g/mol. The van der Waals surface area contributed by atoms with Gasteiger partial charge >= 0.3 is 0 Å². The van der Waals surface area contributed by atoms with E-state index in [4.69, 9.17) is 21.7 Å². The van der Waals surface area contributed by atoms with E-state index < -0.39 is 0 Å². The highest BCUT2D eigenvalue weighted by molar-refractivity contribution is 7.80. The van der Waals surface area contributed by atoms with Crippen LogP contribution in [0, 0.1) is 0 Å². The monoisotopic (exact) mass is 252 g/mol. The number of carbonyl (C=O) groups excluding carboxylic acids is 1. The van der Waals surface area contributed by atoms with Crippen LogP contribution in [0.25, 0.3) is 0 Å². The lowest BCUT2D eigenvalue weighted by Gasteiger charge is -2.19. The van der Waals surface area contributed by atoms with E-state index in [0.717, 1.165) is 5.69 Å². The van der Waals surface area contributed by atoms with Gasteiger partial charge in [-0.1, -0.05) is 0 Å². The van der Waals surface area contributed by atoms with E-state index in [9.17, 15) is 4.79 Å². The van der Waals surface area contributed by atoms with Crippen molar-refractivity contribution in [3.05, 3.63) is 18.2 Å². The van der Waals surface area contributed by atoms with Gasteiger partial charge in [0.05, 0.1) is 0 Å². The van der Waals surface area contributed by atoms with Gasteiger partial charge in [-0.3, -0.25) is 4.79 Å². The fraction of sp³-hybridized carbons (Fsp3) is 0.273. The first-order chi connectivity index (χ1) is 8.15. The van der Waals surface area contributed by atoms with Gasteiger partial charge in [-0.05, 0) is 24.4 Å². The van der Waals surface area contributed by atoms with E-state index in [-0.39, 0.29) is 11.0 Å². The lowest BCUT2D eigenvalue weighted by molar-refractivity contribution is -0.117. The number of hydrogen-bond acceptors (Lipinski definition) is 4. The van der Waals surface area contributed by atoms with Crippen molar-refractivity contribution < 1.29 is 14.3 Å². The zero-order valence-corrected chi connectivity index (χ0v) is 10.1. The van der Waals surface area contributed by atoms with E-state index in [1.165, 1.54) is 6.92 Å². The summed E-state index contributed by atoms with van der Waals surface area (Å²) >= 11 is 4.95. The van der Waals surface area contributed by atoms with Gasteiger partial charge in [0.15, 0.2) is 16.6 Å². The molecule has 2 rings (SSSR count). The summed E-state index contributed by atoms with van der Waals surface area (Å²) in [5.41, 5.74) is 0.744. The number of thiocarbonyl (C=S) groups is 1. The number of amides is 1. The van der Waals surface area contributed by atoms with Gasteiger partial charge < -0.3 is 20.1 Å². The van der Waals surface area contributed by atoms with Gasteiger partial charge in [-0.15, -0.1) is 0 Å². The van der Waals surface area contributed by atoms with Crippen LogP contribution in [0.5, 0.6) is 11.5 Å². The lowest BCUT2D eigenvalue weighted by Crippen LogP contribution is -2.32. The lowest BCUT2D eigenvalue weighted by atomic mass is 10.2. The van der Waals surface area contributed by atoms with Gasteiger partial charge in [-0.2, -0.15) is 0 Å². The minimum absolute atomic E-state index is 0.208. The van der Waals surface area contributed by atoms with Gasteiger partial charge in [0, 0.05) is 18.7 Å². The molecule has 1 heterocycles. The molecule has 0 saturated carbocycles. The molecule has 6 heteroatoms. The summed E-state index contributed by atoms with van der Waals surface area (Å²) in [6, 6.07) is 5.39. The third-order valence-corrected chi connectivity index (χ3v) is 2.29. The Bertz CT molecular complexity index is 462. The molecule has 90 valence electrons. The number of benzene rings is 1. The van der Waals surface area contributed by atoms with Gasteiger partial charge in [0.2, 0.25) is 5.91 Å². The molecule has 1 aliphatic heterocycles. The maximum Gasteiger partial charge on any atom is 0.222 e. The Morgan fingerprint density at radius 2 is 2.00 bits per heavy atom. The number of anilines is 1. The Kier molecular flexibility index (Phi) is 3.43. The van der Waals surface area contributed by atoms with Crippen molar-refractivity contribution in [1.29, 1.82) is 0 Å². The molecular weight excluding hydrogens is 240 g/mol. The summed E-state index contributed by atoms with van der Waals surface area (Å²) in [5, 5.41) is 5.63. The van der Waals surface area contributed by atoms with E-state index >= 15 is 0 Å². The van der Waals surface area contributed by atoms with E-state index in [2.05, 4.69) is 10.6 Å². The normalized spacial score (nSPS) is 12.8. The van der Waals surface area contributed by atoms with Gasteiger partial charge in [-0.25, -0.2) is 0 Å². The molecule has 0 aliphatic carbocycles. The predicted octanol–water partition coefficient (Wildman–Crippen LogP) is 1.29. The van der Waals surface area contributed by atoms with Crippen LogP contribution in [0.2, 0.25) is 0 Å². The maximum atomic E-state index is 10.8. The molecule has 2 N–H and O–H groups in total. The molecule has 1 aliphatic rings. The van der Waals surface area contributed by atoms with Crippen LogP contribution in [-0.4, -0.2) is 24.2 Å². The summed E-state index contributed by atoms with van der Waals surface area (Å²) in [4.78, 5) is 10.8. The smallest absolute Gasteiger partial charge is 0.222 e. The highest BCUT2D eigenvalue weighted by atomic mass is 32.1. The quantitative estimate of drug-likeness (QED) is 0.738. The van der Waals surface area contributed by atoms with Crippen LogP contribution in [-0.2, 0) is 4.79 Å². The third kappa shape index (κ3) is 3.07. The third-order valence-electron chi connectivity index (χ3n) is 2.09. The molecule has 1 aromatic carbocycles. The number of nitrogens with one attached hydrogen (secondary N) is 2. The van der Waals surface area contributed by atoms with Crippen molar-refractivity contribution in [1.82, 2.24) is 5.32 Å². The van der Waals surface area contributed by atoms with E-state index in [0.29, 0.717) is 24.7 Å². The van der Waals surface area contributed by atoms with Crippen LogP contribution >= 0.6 is 12.2 Å². The van der Waals surface area contributed by atoms with E-state index in [1.54, 1.807) is 12.1 Å². The molecular formula is C11H12N2O3S. The van der Waals surface area contributed by atoms with Crippen LogP contribution in [0.4, 0.5) is 5.69 Å². The van der Waals surface area contributed by atoms with Crippen LogP contribution in [0.3, 0.4) is 0 Å². The summed E-state index contributed by atoms with van der Waals surface area (Å²) in [6.07, 6.45) is 0. The van der Waals surface area contributed by atoms with Gasteiger partial charge in [0.25, 0.3) is 0 Å². The molecule has 0 unspecified atom stereocenters. The Morgan fingerprint density at radius 1 is 1.29 bits per heavy atom. The summed E-state index contributed by atoms with van der Waals surface area (Å²) < 4.78 is 10.8. The first-order valence-corrected chi connectivity index (χ1v) is 5.54. The molecule has 17 heavy (non-hydrogen) atoms. The molecule has 5 nitrogen and oxygen atoms in total. The number of ether oxygens (including phenoxy) is 2. The number of hydrogen-bond donors (Lipinski definition) is 2. The molecule has 0 radical (unpaired) electrons. The van der Waals surface area contributed by atoms with Crippen molar-refractivity contribution in [3.8, 4) is 11.5 Å². The second-order valence-corrected chi connectivity index (χ2v) is 3.90. The Morgan fingerprint density at radius 3 is 2.71 bits per heavy atom. The molecule has 1 amide bonds. The topological polar surface area (TPSA) is 59.6 Å². The first kappa shape index (κ1) is 11.7. The summed E-state index contributed by atoms with van der Waals surface area (Å²) in [7, 11) is 0. The van der Waals surface area contributed by atoms with E-state index in [1.807, 2.05) is 6.07 Å². The minimum Gasteiger partial charge on any atom is -0.486 e. The first-order valence-electron chi connectivity index (χ1n) is 5.13. The summed E-state index contributed by atoms with van der Waals surface area (Å²) in [6.45, 7) is 2.49. The Balaban J connectivity index is 2.07. The zero-order chi connectivity index (χ0) is 12.3. The second-order valence-electron chi connectivity index (χ2n) is 3.49. The number of carbonyl (C=O) groups is 1. The van der Waals surface area contributed by atoms with Crippen molar-refractivity contribution >= 4 is 28.9 Å². The van der Waals surface area contributed by atoms with Crippen molar-refractivity contribution in [3.63, 3.8) is 0 Å². The molecule has 0 aromatic heterocycles. The van der Waals surface area contributed by atoms with Gasteiger partial charge in [0.1, 0.15) is 13.2 Å².